The minimum Gasteiger partial charge on any atom is -0.380 e. The van der Waals surface area contributed by atoms with Crippen molar-refractivity contribution in [3.05, 3.63) is 35.9 Å². The molecule has 16 heavy (non-hydrogen) atoms. The fourth-order valence-electron chi connectivity index (χ4n) is 1.87. The van der Waals surface area contributed by atoms with Crippen LogP contribution in [0.3, 0.4) is 0 Å². The SMILES string of the molecule is C[C@H]1CCO[C@@H]([C@](C)(O)c2ccccc2)O1. The van der Waals surface area contributed by atoms with Crippen molar-refractivity contribution in [1.82, 2.24) is 0 Å². The summed E-state index contributed by atoms with van der Waals surface area (Å²) in [6.45, 7) is 4.36. The highest BCUT2D eigenvalue weighted by atomic mass is 16.7. The Morgan fingerprint density at radius 2 is 2.00 bits per heavy atom. The summed E-state index contributed by atoms with van der Waals surface area (Å²) >= 11 is 0. The average Bonchev–Trinajstić information content (AvgIpc) is 2.30. The van der Waals surface area contributed by atoms with E-state index in [4.69, 9.17) is 9.47 Å². The standard InChI is InChI=1S/C13H18O3/c1-10-8-9-15-12(16-10)13(2,14)11-6-4-3-5-7-11/h3-7,10,12,14H,8-9H2,1-2H3/t10-,12+,13+/m0/s1. The van der Waals surface area contributed by atoms with Gasteiger partial charge in [0.1, 0.15) is 5.60 Å². The van der Waals surface area contributed by atoms with Crippen molar-refractivity contribution >= 4 is 0 Å². The van der Waals surface area contributed by atoms with E-state index in [1.165, 1.54) is 0 Å². The minimum atomic E-state index is -1.10. The van der Waals surface area contributed by atoms with Gasteiger partial charge >= 0.3 is 0 Å². The van der Waals surface area contributed by atoms with Gasteiger partial charge in [-0.2, -0.15) is 0 Å². The van der Waals surface area contributed by atoms with Gasteiger partial charge in [0, 0.05) is 0 Å². The van der Waals surface area contributed by atoms with Crippen molar-refractivity contribution in [2.75, 3.05) is 6.61 Å². The molecule has 0 aliphatic carbocycles. The van der Waals surface area contributed by atoms with Crippen LogP contribution in [0.15, 0.2) is 30.3 Å². The van der Waals surface area contributed by atoms with Gasteiger partial charge in [0.2, 0.25) is 0 Å². The molecule has 1 fully saturated rings. The summed E-state index contributed by atoms with van der Waals surface area (Å²) in [4.78, 5) is 0. The fourth-order valence-corrected chi connectivity index (χ4v) is 1.87. The second kappa shape index (κ2) is 4.53. The number of rotatable bonds is 2. The van der Waals surface area contributed by atoms with Crippen LogP contribution in [-0.4, -0.2) is 24.1 Å². The van der Waals surface area contributed by atoms with Crippen LogP contribution in [-0.2, 0) is 15.1 Å². The predicted octanol–water partition coefficient (Wildman–Crippen LogP) is 2.05. The highest BCUT2D eigenvalue weighted by molar-refractivity contribution is 5.22. The maximum atomic E-state index is 10.5. The molecule has 88 valence electrons. The second-order valence-electron chi connectivity index (χ2n) is 4.45. The number of hydrogen-bond donors (Lipinski definition) is 1. The molecule has 0 spiro atoms. The molecule has 1 N–H and O–H groups in total. The Morgan fingerprint density at radius 1 is 1.31 bits per heavy atom. The lowest BCUT2D eigenvalue weighted by Crippen LogP contribution is -2.45. The maximum Gasteiger partial charge on any atom is 0.190 e. The summed E-state index contributed by atoms with van der Waals surface area (Å²) in [5, 5.41) is 10.5. The van der Waals surface area contributed by atoms with Crippen LogP contribution in [0.1, 0.15) is 25.8 Å². The molecule has 3 atom stereocenters. The summed E-state index contributed by atoms with van der Waals surface area (Å²) in [5.41, 5.74) is -0.287. The first-order chi connectivity index (χ1) is 7.60. The van der Waals surface area contributed by atoms with Gasteiger partial charge in [-0.25, -0.2) is 0 Å². The smallest absolute Gasteiger partial charge is 0.190 e. The summed E-state index contributed by atoms with van der Waals surface area (Å²) in [6, 6.07) is 9.48. The normalized spacial score (nSPS) is 29.7. The Kier molecular flexibility index (Phi) is 3.28. The third-order valence-electron chi connectivity index (χ3n) is 2.97. The zero-order valence-corrected chi connectivity index (χ0v) is 9.72. The van der Waals surface area contributed by atoms with E-state index < -0.39 is 11.9 Å². The van der Waals surface area contributed by atoms with Crippen LogP contribution in [0.2, 0.25) is 0 Å². The number of ether oxygens (including phenoxy) is 2. The molecule has 0 unspecified atom stereocenters. The summed E-state index contributed by atoms with van der Waals surface area (Å²) < 4.78 is 11.1. The minimum absolute atomic E-state index is 0.133. The first-order valence-electron chi connectivity index (χ1n) is 5.65. The molecule has 0 saturated carbocycles. The number of benzene rings is 1. The van der Waals surface area contributed by atoms with E-state index in [9.17, 15) is 5.11 Å². The zero-order chi connectivity index (χ0) is 11.6. The molecule has 3 heteroatoms. The van der Waals surface area contributed by atoms with Gasteiger partial charge in [-0.3, -0.25) is 0 Å². The Bertz CT molecular complexity index is 334. The lowest BCUT2D eigenvalue weighted by atomic mass is 9.95. The van der Waals surface area contributed by atoms with Crippen LogP contribution in [0.4, 0.5) is 0 Å². The van der Waals surface area contributed by atoms with Crippen LogP contribution in [0.5, 0.6) is 0 Å². The quantitative estimate of drug-likeness (QED) is 0.832. The van der Waals surface area contributed by atoms with Gasteiger partial charge in [0.15, 0.2) is 6.29 Å². The molecule has 1 heterocycles. The average molecular weight is 222 g/mol. The molecule has 0 bridgehead atoms. The van der Waals surface area contributed by atoms with Crippen LogP contribution < -0.4 is 0 Å². The van der Waals surface area contributed by atoms with E-state index in [1.54, 1.807) is 6.92 Å². The molecule has 1 aromatic rings. The van der Waals surface area contributed by atoms with Crippen molar-refractivity contribution in [1.29, 1.82) is 0 Å². The van der Waals surface area contributed by atoms with E-state index in [0.717, 1.165) is 12.0 Å². The topological polar surface area (TPSA) is 38.7 Å². The van der Waals surface area contributed by atoms with Crippen LogP contribution >= 0.6 is 0 Å². The van der Waals surface area contributed by atoms with E-state index >= 15 is 0 Å². The van der Waals surface area contributed by atoms with Gasteiger partial charge in [-0.15, -0.1) is 0 Å². The van der Waals surface area contributed by atoms with Gasteiger partial charge in [0.05, 0.1) is 12.7 Å². The molecule has 1 aliphatic heterocycles. The largest absolute Gasteiger partial charge is 0.380 e. The lowest BCUT2D eigenvalue weighted by Gasteiger charge is -2.37. The summed E-state index contributed by atoms with van der Waals surface area (Å²) in [5.74, 6) is 0. The van der Waals surface area contributed by atoms with E-state index in [0.29, 0.717) is 6.61 Å². The Morgan fingerprint density at radius 3 is 2.62 bits per heavy atom. The fraction of sp³-hybridized carbons (Fsp3) is 0.538. The van der Waals surface area contributed by atoms with Crippen molar-refractivity contribution in [2.45, 2.75) is 38.3 Å². The summed E-state index contributed by atoms with van der Waals surface area (Å²) in [6.07, 6.45) is 0.425. The molecular formula is C13H18O3. The number of aliphatic hydroxyl groups is 1. The zero-order valence-electron chi connectivity index (χ0n) is 9.72. The first kappa shape index (κ1) is 11.6. The van der Waals surface area contributed by atoms with Crippen LogP contribution in [0, 0.1) is 0 Å². The van der Waals surface area contributed by atoms with Gasteiger partial charge in [0.25, 0.3) is 0 Å². The second-order valence-corrected chi connectivity index (χ2v) is 4.45. The molecule has 0 aromatic heterocycles. The molecular weight excluding hydrogens is 204 g/mol. The first-order valence-corrected chi connectivity index (χ1v) is 5.65. The lowest BCUT2D eigenvalue weighted by molar-refractivity contribution is -0.280. The van der Waals surface area contributed by atoms with Crippen LogP contribution in [0.25, 0.3) is 0 Å². The Labute approximate surface area is 96.0 Å². The maximum absolute atomic E-state index is 10.5. The van der Waals surface area contributed by atoms with Crippen molar-refractivity contribution in [3.8, 4) is 0 Å². The van der Waals surface area contributed by atoms with Crippen molar-refractivity contribution < 1.29 is 14.6 Å². The summed E-state index contributed by atoms with van der Waals surface area (Å²) in [7, 11) is 0. The van der Waals surface area contributed by atoms with E-state index in [-0.39, 0.29) is 6.10 Å². The molecule has 0 radical (unpaired) electrons. The molecule has 3 nitrogen and oxygen atoms in total. The van der Waals surface area contributed by atoms with Gasteiger partial charge < -0.3 is 14.6 Å². The molecule has 2 rings (SSSR count). The third-order valence-corrected chi connectivity index (χ3v) is 2.97. The van der Waals surface area contributed by atoms with Crippen molar-refractivity contribution in [3.63, 3.8) is 0 Å². The van der Waals surface area contributed by atoms with Gasteiger partial charge in [-0.05, 0) is 25.8 Å². The molecule has 1 aliphatic rings. The predicted molar refractivity (Wildman–Crippen MR) is 60.9 cm³/mol. The highest BCUT2D eigenvalue weighted by Gasteiger charge is 2.38. The monoisotopic (exact) mass is 222 g/mol. The molecule has 0 amide bonds. The molecule has 1 aromatic carbocycles. The molecule has 1 saturated heterocycles. The van der Waals surface area contributed by atoms with Crippen molar-refractivity contribution in [2.24, 2.45) is 0 Å². The number of hydrogen-bond acceptors (Lipinski definition) is 3. The third kappa shape index (κ3) is 2.26. The Hall–Kier alpha value is -0.900. The Balaban J connectivity index is 2.18. The van der Waals surface area contributed by atoms with E-state index in [2.05, 4.69) is 0 Å². The van der Waals surface area contributed by atoms with E-state index in [1.807, 2.05) is 37.3 Å². The highest BCUT2D eigenvalue weighted by Crippen LogP contribution is 2.30. The van der Waals surface area contributed by atoms with Gasteiger partial charge in [-0.1, -0.05) is 30.3 Å².